The summed E-state index contributed by atoms with van der Waals surface area (Å²) in [5, 5.41) is 0. The van der Waals surface area contributed by atoms with Crippen molar-refractivity contribution in [3.8, 4) is 17.0 Å². The van der Waals surface area contributed by atoms with Crippen LogP contribution in [0.1, 0.15) is 33.8 Å². The zero-order valence-corrected chi connectivity index (χ0v) is 16.9. The van der Waals surface area contributed by atoms with Gasteiger partial charge in [-0.15, -0.1) is 0 Å². The van der Waals surface area contributed by atoms with Gasteiger partial charge in [0.15, 0.2) is 5.78 Å². The van der Waals surface area contributed by atoms with Crippen molar-refractivity contribution in [1.29, 1.82) is 0 Å². The van der Waals surface area contributed by atoms with Crippen LogP contribution in [0, 0.1) is 0 Å². The molecule has 0 bridgehead atoms. The number of benzene rings is 3. The Balaban J connectivity index is 1.84. The lowest BCUT2D eigenvalue weighted by Gasteiger charge is -2.21. The van der Waals surface area contributed by atoms with Crippen molar-refractivity contribution in [2.45, 2.75) is 12.3 Å². The molecule has 4 aromatic rings. The van der Waals surface area contributed by atoms with Crippen LogP contribution >= 0.6 is 0 Å². The van der Waals surface area contributed by atoms with Crippen LogP contribution in [0.25, 0.3) is 11.3 Å². The summed E-state index contributed by atoms with van der Waals surface area (Å²) in [6.07, 6.45) is 2.15. The van der Waals surface area contributed by atoms with Crippen molar-refractivity contribution < 1.29 is 9.53 Å². The summed E-state index contributed by atoms with van der Waals surface area (Å²) >= 11 is 0. The van der Waals surface area contributed by atoms with Crippen molar-refractivity contribution in [2.75, 3.05) is 7.11 Å². The van der Waals surface area contributed by atoms with E-state index in [9.17, 15) is 4.79 Å². The highest BCUT2D eigenvalue weighted by Crippen LogP contribution is 2.37. The van der Waals surface area contributed by atoms with Crippen LogP contribution in [-0.2, 0) is 0 Å². The summed E-state index contributed by atoms with van der Waals surface area (Å²) in [4.78, 5) is 17.7. The minimum absolute atomic E-state index is 0.110. The molecule has 0 saturated carbocycles. The Morgan fingerprint density at radius 3 is 2.23 bits per heavy atom. The van der Waals surface area contributed by atoms with Gasteiger partial charge in [0.1, 0.15) is 5.75 Å². The summed E-state index contributed by atoms with van der Waals surface area (Å²) in [7, 11) is 1.66. The summed E-state index contributed by atoms with van der Waals surface area (Å²) in [6, 6.07) is 31.5. The van der Waals surface area contributed by atoms with Gasteiger partial charge in [0.2, 0.25) is 0 Å². The SMILES string of the molecule is COc1ccc(-c2ccccn2)c([C@H](CC(=O)c2ccccc2)c2ccccc2)c1. The first kappa shape index (κ1) is 19.6. The summed E-state index contributed by atoms with van der Waals surface area (Å²) in [5.41, 5.74) is 4.73. The zero-order valence-electron chi connectivity index (χ0n) is 16.9. The van der Waals surface area contributed by atoms with Crippen LogP contribution in [0.3, 0.4) is 0 Å². The second-order valence-electron chi connectivity index (χ2n) is 7.12. The van der Waals surface area contributed by atoms with E-state index in [4.69, 9.17) is 4.74 Å². The number of ether oxygens (including phenoxy) is 1. The molecule has 148 valence electrons. The standard InChI is InChI=1S/C27H23NO2/c1-30-22-15-16-23(26-14-8-9-17-28-26)25(18-22)24(20-10-4-2-5-11-20)19-27(29)21-12-6-3-7-13-21/h2-18,24H,19H2,1H3/t24-/m1/s1. The average Bonchev–Trinajstić information content (AvgIpc) is 2.83. The monoisotopic (exact) mass is 393 g/mol. The molecule has 3 heteroatoms. The molecular formula is C27H23NO2. The largest absolute Gasteiger partial charge is 0.497 e. The summed E-state index contributed by atoms with van der Waals surface area (Å²) in [5.74, 6) is 0.753. The molecule has 3 aromatic carbocycles. The molecular weight excluding hydrogens is 370 g/mol. The summed E-state index contributed by atoms with van der Waals surface area (Å²) in [6.45, 7) is 0. The van der Waals surface area contributed by atoms with Gasteiger partial charge in [-0.25, -0.2) is 0 Å². The van der Waals surface area contributed by atoms with Gasteiger partial charge in [-0.05, 0) is 41.5 Å². The predicted octanol–water partition coefficient (Wildman–Crippen LogP) is 6.16. The molecule has 0 N–H and O–H groups in total. The number of nitrogens with zero attached hydrogens (tertiary/aromatic N) is 1. The van der Waals surface area contributed by atoms with Crippen LogP contribution in [0.4, 0.5) is 0 Å². The number of carbonyl (C=O) groups is 1. The molecule has 0 aliphatic rings. The Morgan fingerprint density at radius 2 is 1.57 bits per heavy atom. The Hall–Kier alpha value is -3.72. The molecule has 0 radical (unpaired) electrons. The molecule has 30 heavy (non-hydrogen) atoms. The third-order valence-corrected chi connectivity index (χ3v) is 5.26. The normalized spacial score (nSPS) is 11.6. The van der Waals surface area contributed by atoms with Crippen LogP contribution in [0.15, 0.2) is 103 Å². The van der Waals surface area contributed by atoms with Gasteiger partial charge in [0, 0.05) is 29.7 Å². The van der Waals surface area contributed by atoms with Crippen molar-refractivity contribution in [3.63, 3.8) is 0 Å². The average molecular weight is 393 g/mol. The van der Waals surface area contributed by atoms with Crippen LogP contribution in [0.2, 0.25) is 0 Å². The minimum Gasteiger partial charge on any atom is -0.497 e. The van der Waals surface area contributed by atoms with E-state index in [1.54, 1.807) is 13.3 Å². The van der Waals surface area contributed by atoms with E-state index in [0.717, 1.165) is 33.7 Å². The third-order valence-electron chi connectivity index (χ3n) is 5.26. The van der Waals surface area contributed by atoms with E-state index < -0.39 is 0 Å². The first-order valence-corrected chi connectivity index (χ1v) is 9.99. The van der Waals surface area contributed by atoms with E-state index in [-0.39, 0.29) is 11.7 Å². The maximum Gasteiger partial charge on any atom is 0.163 e. The van der Waals surface area contributed by atoms with Crippen molar-refractivity contribution >= 4 is 5.78 Å². The zero-order chi connectivity index (χ0) is 20.8. The molecule has 0 fully saturated rings. The van der Waals surface area contributed by atoms with Crippen molar-refractivity contribution in [3.05, 3.63) is 120 Å². The molecule has 0 amide bonds. The lowest BCUT2D eigenvalue weighted by atomic mass is 9.82. The Kier molecular flexibility index (Phi) is 6.00. The van der Waals surface area contributed by atoms with E-state index in [1.807, 2.05) is 84.9 Å². The number of Topliss-reactive ketones (excluding diaryl/α,β-unsaturated/α-hetero) is 1. The van der Waals surface area contributed by atoms with Crippen molar-refractivity contribution in [2.24, 2.45) is 0 Å². The highest BCUT2D eigenvalue weighted by molar-refractivity contribution is 5.97. The fraction of sp³-hybridized carbons (Fsp3) is 0.111. The Morgan fingerprint density at radius 1 is 0.867 bits per heavy atom. The topological polar surface area (TPSA) is 39.2 Å². The fourth-order valence-corrected chi connectivity index (χ4v) is 3.73. The molecule has 1 atom stereocenters. The van der Waals surface area contributed by atoms with E-state index in [1.165, 1.54) is 0 Å². The highest BCUT2D eigenvalue weighted by Gasteiger charge is 2.23. The maximum atomic E-state index is 13.2. The molecule has 0 saturated heterocycles. The first-order valence-electron chi connectivity index (χ1n) is 9.99. The fourth-order valence-electron chi connectivity index (χ4n) is 3.73. The minimum atomic E-state index is -0.119. The number of pyridine rings is 1. The van der Waals surface area contributed by atoms with E-state index in [0.29, 0.717) is 6.42 Å². The molecule has 0 aliphatic carbocycles. The van der Waals surface area contributed by atoms with Crippen LogP contribution in [0.5, 0.6) is 5.75 Å². The lowest BCUT2D eigenvalue weighted by molar-refractivity contribution is 0.0977. The van der Waals surface area contributed by atoms with Crippen molar-refractivity contribution in [1.82, 2.24) is 4.98 Å². The quantitative estimate of drug-likeness (QED) is 0.353. The van der Waals surface area contributed by atoms with Gasteiger partial charge in [-0.1, -0.05) is 66.7 Å². The number of carbonyl (C=O) groups excluding carboxylic acids is 1. The Labute approximate surface area is 177 Å². The smallest absolute Gasteiger partial charge is 0.163 e. The lowest BCUT2D eigenvalue weighted by Crippen LogP contribution is -2.11. The number of aromatic nitrogens is 1. The van der Waals surface area contributed by atoms with Gasteiger partial charge in [-0.2, -0.15) is 0 Å². The van der Waals surface area contributed by atoms with Gasteiger partial charge in [0.05, 0.1) is 12.8 Å². The molecule has 1 heterocycles. The highest BCUT2D eigenvalue weighted by atomic mass is 16.5. The van der Waals surface area contributed by atoms with E-state index in [2.05, 4.69) is 17.1 Å². The number of hydrogen-bond acceptors (Lipinski definition) is 3. The second-order valence-corrected chi connectivity index (χ2v) is 7.12. The van der Waals surface area contributed by atoms with Crippen LogP contribution < -0.4 is 4.74 Å². The van der Waals surface area contributed by atoms with Gasteiger partial charge in [0.25, 0.3) is 0 Å². The molecule has 1 aromatic heterocycles. The molecule has 4 rings (SSSR count). The predicted molar refractivity (Wildman–Crippen MR) is 120 cm³/mol. The summed E-state index contributed by atoms with van der Waals surface area (Å²) < 4.78 is 5.52. The number of hydrogen-bond donors (Lipinski definition) is 0. The third kappa shape index (κ3) is 4.31. The molecule has 0 aliphatic heterocycles. The van der Waals surface area contributed by atoms with Crippen LogP contribution in [-0.4, -0.2) is 17.9 Å². The van der Waals surface area contributed by atoms with Gasteiger partial charge < -0.3 is 4.74 Å². The second kappa shape index (κ2) is 9.19. The van der Waals surface area contributed by atoms with Gasteiger partial charge in [-0.3, -0.25) is 9.78 Å². The van der Waals surface area contributed by atoms with E-state index >= 15 is 0 Å². The molecule has 0 unspecified atom stereocenters. The number of rotatable bonds is 7. The number of methoxy groups -OCH3 is 1. The Bertz CT molecular complexity index is 1110. The first-order chi connectivity index (χ1) is 14.8. The number of ketones is 1. The maximum absolute atomic E-state index is 13.2. The molecule has 0 spiro atoms. The van der Waals surface area contributed by atoms with Gasteiger partial charge >= 0.3 is 0 Å². The molecule has 3 nitrogen and oxygen atoms in total.